The first kappa shape index (κ1) is 24.7. The van der Waals surface area contributed by atoms with Gasteiger partial charge in [0.1, 0.15) is 12.4 Å². The number of fused-ring (bicyclic) bond motifs is 1. The summed E-state index contributed by atoms with van der Waals surface area (Å²) in [6, 6.07) is 17.5. The van der Waals surface area contributed by atoms with Crippen LogP contribution in [0.3, 0.4) is 0 Å². The molecule has 3 aromatic rings. The molecule has 1 aliphatic carbocycles. The minimum absolute atomic E-state index is 0.0364. The Morgan fingerprint density at radius 2 is 1.91 bits per heavy atom. The van der Waals surface area contributed by atoms with Gasteiger partial charge in [-0.25, -0.2) is 4.98 Å². The van der Waals surface area contributed by atoms with Crippen LogP contribution < -0.4 is 9.64 Å². The number of aromatic hydroxyl groups is 1. The summed E-state index contributed by atoms with van der Waals surface area (Å²) in [6.07, 6.45) is 4.19. The Kier molecular flexibility index (Phi) is 8.03. The largest absolute Gasteiger partial charge is 0.508 e. The van der Waals surface area contributed by atoms with Crippen LogP contribution in [0.2, 0.25) is 0 Å². The zero-order chi connectivity index (χ0) is 24.8. The molecule has 1 aromatic heterocycles. The van der Waals surface area contributed by atoms with Crippen molar-refractivity contribution in [2.45, 2.75) is 51.5 Å². The fourth-order valence-electron chi connectivity index (χ4n) is 4.61. The summed E-state index contributed by atoms with van der Waals surface area (Å²) in [5.41, 5.74) is 4.83. The molecule has 1 unspecified atom stereocenters. The molecule has 0 saturated carbocycles. The van der Waals surface area contributed by atoms with Gasteiger partial charge in [-0.3, -0.25) is 4.79 Å². The zero-order valence-electron chi connectivity index (χ0n) is 20.7. The monoisotopic (exact) mass is 474 g/mol. The second-order valence-corrected chi connectivity index (χ2v) is 9.31. The minimum atomic E-state index is -0.291. The summed E-state index contributed by atoms with van der Waals surface area (Å²) in [5, 5.41) is 10.4. The topological polar surface area (TPSA) is 71.9 Å². The number of aromatic nitrogens is 1. The predicted molar refractivity (Wildman–Crippen MR) is 137 cm³/mol. The van der Waals surface area contributed by atoms with E-state index in [1.165, 1.54) is 5.56 Å². The van der Waals surface area contributed by atoms with E-state index in [1.807, 2.05) is 41.3 Å². The third-order valence-corrected chi connectivity index (χ3v) is 6.59. The molecule has 0 fully saturated rings. The van der Waals surface area contributed by atoms with Crippen molar-refractivity contribution in [3.8, 4) is 11.6 Å². The van der Waals surface area contributed by atoms with Crippen molar-refractivity contribution in [3.05, 3.63) is 83.0 Å². The Bertz CT molecular complexity index is 1130. The number of carbonyl (C=O) groups excluding carboxylic acids is 1. The maximum atomic E-state index is 14.0. The summed E-state index contributed by atoms with van der Waals surface area (Å²) >= 11 is 0. The van der Waals surface area contributed by atoms with Crippen molar-refractivity contribution >= 4 is 11.6 Å². The van der Waals surface area contributed by atoms with Crippen LogP contribution in [0, 0.1) is 0 Å². The molecule has 184 valence electrons. The lowest BCUT2D eigenvalue weighted by Crippen LogP contribution is -2.36. The van der Waals surface area contributed by atoms with E-state index < -0.39 is 0 Å². The fourth-order valence-corrected chi connectivity index (χ4v) is 4.61. The van der Waals surface area contributed by atoms with Gasteiger partial charge in [0.25, 0.3) is 0 Å². The summed E-state index contributed by atoms with van der Waals surface area (Å²) in [6.45, 7) is 5.65. The zero-order valence-corrected chi connectivity index (χ0v) is 20.7. The van der Waals surface area contributed by atoms with Gasteiger partial charge in [-0.1, -0.05) is 44.2 Å². The highest BCUT2D eigenvalue weighted by atomic mass is 16.5. The van der Waals surface area contributed by atoms with Crippen molar-refractivity contribution in [2.24, 2.45) is 0 Å². The molecule has 1 aliphatic rings. The molecule has 0 radical (unpaired) electrons. The molecule has 2 aromatic carbocycles. The molecule has 1 atom stereocenters. The van der Waals surface area contributed by atoms with Crippen molar-refractivity contribution in [1.82, 2.24) is 4.98 Å². The van der Waals surface area contributed by atoms with Crippen LogP contribution in [0.4, 0.5) is 5.69 Å². The van der Waals surface area contributed by atoms with Crippen LogP contribution in [0.1, 0.15) is 60.8 Å². The number of pyridine rings is 1. The Morgan fingerprint density at radius 1 is 1.11 bits per heavy atom. The number of methoxy groups -OCH3 is 1. The summed E-state index contributed by atoms with van der Waals surface area (Å²) in [5.74, 6) is 0.966. The number of rotatable bonds is 9. The Hall–Kier alpha value is -3.38. The Balaban J connectivity index is 1.62. The standard InChI is InChI=1S/C29H34N2O4/c1-20(2)22-11-13-23(14-12-22)31(19-21-10-15-28(30-18-21)35-17-16-34-3)29(33)26-8-4-7-25-24(26)6-5-9-27(25)32/h5-6,9-15,18,20,26,32H,4,7-8,16-17,19H2,1-3H3. The van der Waals surface area contributed by atoms with Gasteiger partial charge in [-0.2, -0.15) is 0 Å². The smallest absolute Gasteiger partial charge is 0.234 e. The molecule has 1 N–H and O–H groups in total. The average molecular weight is 475 g/mol. The number of nitrogens with zero attached hydrogens (tertiary/aromatic N) is 2. The van der Waals surface area contributed by atoms with Crippen LogP contribution in [-0.2, 0) is 22.5 Å². The molecule has 1 heterocycles. The first-order valence-electron chi connectivity index (χ1n) is 12.3. The Morgan fingerprint density at radius 3 is 2.60 bits per heavy atom. The lowest BCUT2D eigenvalue weighted by atomic mass is 9.81. The Labute approximate surface area is 207 Å². The van der Waals surface area contributed by atoms with E-state index in [2.05, 4.69) is 31.0 Å². The van der Waals surface area contributed by atoms with Crippen LogP contribution in [0.15, 0.2) is 60.8 Å². The van der Waals surface area contributed by atoms with Crippen molar-refractivity contribution in [3.63, 3.8) is 0 Å². The first-order chi connectivity index (χ1) is 17.0. The van der Waals surface area contributed by atoms with Crippen LogP contribution in [-0.4, -0.2) is 36.3 Å². The number of hydrogen-bond acceptors (Lipinski definition) is 5. The van der Waals surface area contributed by atoms with Crippen LogP contribution >= 0.6 is 0 Å². The number of anilines is 1. The van der Waals surface area contributed by atoms with E-state index in [-0.39, 0.29) is 17.6 Å². The molecular formula is C29H34N2O4. The fraction of sp³-hybridized carbons (Fsp3) is 0.379. The van der Waals surface area contributed by atoms with Gasteiger partial charge in [0.2, 0.25) is 11.8 Å². The number of phenolic OH excluding ortho intramolecular Hbond substituents is 1. The van der Waals surface area contributed by atoms with Crippen LogP contribution in [0.5, 0.6) is 11.6 Å². The number of carbonyl (C=O) groups is 1. The van der Waals surface area contributed by atoms with E-state index in [0.29, 0.717) is 31.6 Å². The second-order valence-electron chi connectivity index (χ2n) is 9.31. The lowest BCUT2D eigenvalue weighted by Gasteiger charge is -2.31. The predicted octanol–water partition coefficient (Wildman–Crippen LogP) is 5.59. The molecular weight excluding hydrogens is 440 g/mol. The van der Waals surface area contributed by atoms with E-state index >= 15 is 0 Å². The molecule has 0 spiro atoms. The minimum Gasteiger partial charge on any atom is -0.508 e. The normalized spacial score (nSPS) is 15.0. The highest BCUT2D eigenvalue weighted by molar-refractivity contribution is 5.98. The molecule has 0 saturated heterocycles. The molecule has 6 nitrogen and oxygen atoms in total. The van der Waals surface area contributed by atoms with Crippen molar-refractivity contribution in [1.29, 1.82) is 0 Å². The van der Waals surface area contributed by atoms with Gasteiger partial charge in [0.15, 0.2) is 0 Å². The number of amides is 1. The third kappa shape index (κ3) is 5.82. The summed E-state index contributed by atoms with van der Waals surface area (Å²) in [4.78, 5) is 20.3. The SMILES string of the molecule is COCCOc1ccc(CN(C(=O)C2CCCc3c(O)cccc32)c2ccc(C(C)C)cc2)cn1. The maximum Gasteiger partial charge on any atom is 0.234 e. The van der Waals surface area contributed by atoms with Gasteiger partial charge >= 0.3 is 0 Å². The number of phenols is 1. The summed E-state index contributed by atoms with van der Waals surface area (Å²) in [7, 11) is 1.63. The quantitative estimate of drug-likeness (QED) is 0.410. The van der Waals surface area contributed by atoms with E-state index in [1.54, 1.807) is 19.4 Å². The van der Waals surface area contributed by atoms with Crippen LogP contribution in [0.25, 0.3) is 0 Å². The van der Waals surface area contributed by atoms with Gasteiger partial charge in [0.05, 0.1) is 19.1 Å². The second kappa shape index (κ2) is 11.4. The highest BCUT2D eigenvalue weighted by Gasteiger charge is 2.32. The molecule has 0 bridgehead atoms. The summed E-state index contributed by atoms with van der Waals surface area (Å²) < 4.78 is 10.6. The first-order valence-corrected chi connectivity index (χ1v) is 12.3. The maximum absolute atomic E-state index is 14.0. The number of ether oxygens (including phenoxy) is 2. The molecule has 6 heteroatoms. The lowest BCUT2D eigenvalue weighted by molar-refractivity contribution is -0.120. The van der Waals surface area contributed by atoms with E-state index in [4.69, 9.17) is 9.47 Å². The van der Waals surface area contributed by atoms with E-state index in [0.717, 1.165) is 41.6 Å². The molecule has 1 amide bonds. The third-order valence-electron chi connectivity index (χ3n) is 6.59. The molecule has 4 rings (SSSR count). The number of hydrogen-bond donors (Lipinski definition) is 1. The van der Waals surface area contributed by atoms with Gasteiger partial charge in [0, 0.05) is 25.1 Å². The highest BCUT2D eigenvalue weighted by Crippen LogP contribution is 2.38. The van der Waals surface area contributed by atoms with Gasteiger partial charge in [-0.15, -0.1) is 0 Å². The molecule has 0 aliphatic heterocycles. The van der Waals surface area contributed by atoms with E-state index in [9.17, 15) is 9.90 Å². The number of benzene rings is 2. The molecule has 35 heavy (non-hydrogen) atoms. The van der Waals surface area contributed by atoms with Gasteiger partial charge in [-0.05, 0) is 65.6 Å². The average Bonchev–Trinajstić information content (AvgIpc) is 2.88. The van der Waals surface area contributed by atoms with Crippen molar-refractivity contribution in [2.75, 3.05) is 25.2 Å². The van der Waals surface area contributed by atoms with Gasteiger partial charge < -0.3 is 19.5 Å². The van der Waals surface area contributed by atoms with Crippen molar-refractivity contribution < 1.29 is 19.4 Å².